The Morgan fingerprint density at radius 2 is 2.33 bits per heavy atom. The zero-order valence-corrected chi connectivity index (χ0v) is 14.6. The SMILES string of the molecule is CN(C)CCC(=O)N1CC2(C[C@H](OCc3cccnc3)CCO2)C1. The average Bonchev–Trinajstić information content (AvgIpc) is 2.57. The summed E-state index contributed by atoms with van der Waals surface area (Å²) >= 11 is 0. The Hall–Kier alpha value is -1.50. The molecule has 24 heavy (non-hydrogen) atoms. The van der Waals surface area contributed by atoms with Crippen molar-refractivity contribution in [2.75, 3.05) is 40.3 Å². The number of carbonyl (C=O) groups is 1. The van der Waals surface area contributed by atoms with E-state index in [9.17, 15) is 4.79 Å². The molecule has 3 heterocycles. The molecule has 2 aliphatic rings. The van der Waals surface area contributed by atoms with Gasteiger partial charge in [0.1, 0.15) is 5.60 Å². The van der Waals surface area contributed by atoms with E-state index in [0.29, 0.717) is 32.7 Å². The zero-order valence-electron chi connectivity index (χ0n) is 14.6. The van der Waals surface area contributed by atoms with Gasteiger partial charge in [0, 0.05) is 38.4 Å². The summed E-state index contributed by atoms with van der Waals surface area (Å²) in [6.07, 6.45) is 6.15. The van der Waals surface area contributed by atoms with E-state index in [1.165, 1.54) is 0 Å². The van der Waals surface area contributed by atoms with Crippen molar-refractivity contribution in [3.05, 3.63) is 30.1 Å². The molecule has 132 valence electrons. The quantitative estimate of drug-likeness (QED) is 0.786. The maximum Gasteiger partial charge on any atom is 0.224 e. The van der Waals surface area contributed by atoms with E-state index in [2.05, 4.69) is 4.98 Å². The number of hydrogen-bond donors (Lipinski definition) is 0. The summed E-state index contributed by atoms with van der Waals surface area (Å²) in [5.41, 5.74) is 0.901. The largest absolute Gasteiger partial charge is 0.373 e. The molecule has 2 fully saturated rings. The first-order chi connectivity index (χ1) is 11.6. The number of carbonyl (C=O) groups excluding carboxylic acids is 1. The second-order valence-electron chi connectivity index (χ2n) is 7.12. The first kappa shape index (κ1) is 17.3. The minimum atomic E-state index is -0.189. The van der Waals surface area contributed by atoms with Gasteiger partial charge in [-0.2, -0.15) is 0 Å². The Bertz CT molecular complexity index is 544. The van der Waals surface area contributed by atoms with Crippen LogP contribution >= 0.6 is 0 Å². The van der Waals surface area contributed by atoms with Gasteiger partial charge in [0.25, 0.3) is 0 Å². The average molecular weight is 333 g/mol. The predicted octanol–water partition coefficient (Wildman–Crippen LogP) is 1.31. The number of ether oxygens (including phenoxy) is 2. The molecule has 1 amide bonds. The molecule has 1 atom stereocenters. The fraction of sp³-hybridized carbons (Fsp3) is 0.667. The van der Waals surface area contributed by atoms with Crippen molar-refractivity contribution in [2.45, 2.75) is 37.6 Å². The number of aromatic nitrogens is 1. The molecule has 0 aromatic carbocycles. The summed E-state index contributed by atoms with van der Waals surface area (Å²) in [4.78, 5) is 20.2. The van der Waals surface area contributed by atoms with Gasteiger partial charge in [-0.25, -0.2) is 0 Å². The third-order valence-electron chi connectivity index (χ3n) is 4.74. The number of hydrogen-bond acceptors (Lipinski definition) is 5. The van der Waals surface area contributed by atoms with Crippen molar-refractivity contribution in [2.24, 2.45) is 0 Å². The molecule has 0 saturated carbocycles. The highest BCUT2D eigenvalue weighted by atomic mass is 16.5. The normalized spacial score (nSPS) is 22.6. The Morgan fingerprint density at radius 1 is 1.50 bits per heavy atom. The standard InChI is InChI=1S/C18H27N3O3/c1-20(2)8-5-17(22)21-13-18(14-21)10-16(6-9-24-18)23-12-15-4-3-7-19-11-15/h3-4,7,11,16H,5-6,8-10,12-14H2,1-2H3/t16-/m1/s1. The van der Waals surface area contributed by atoms with E-state index >= 15 is 0 Å². The summed E-state index contributed by atoms with van der Waals surface area (Å²) < 4.78 is 12.0. The smallest absolute Gasteiger partial charge is 0.224 e. The van der Waals surface area contributed by atoms with Crippen molar-refractivity contribution in [1.29, 1.82) is 0 Å². The van der Waals surface area contributed by atoms with Gasteiger partial charge < -0.3 is 19.3 Å². The lowest BCUT2D eigenvalue weighted by molar-refractivity contribution is -0.202. The maximum absolute atomic E-state index is 12.2. The van der Waals surface area contributed by atoms with Crippen LogP contribution in [0, 0.1) is 0 Å². The van der Waals surface area contributed by atoms with Gasteiger partial charge in [0.15, 0.2) is 0 Å². The molecule has 0 radical (unpaired) electrons. The number of rotatable bonds is 6. The van der Waals surface area contributed by atoms with Gasteiger partial charge in [0.05, 0.1) is 25.8 Å². The summed E-state index contributed by atoms with van der Waals surface area (Å²) in [5, 5.41) is 0. The lowest BCUT2D eigenvalue weighted by Crippen LogP contribution is -2.67. The summed E-state index contributed by atoms with van der Waals surface area (Å²) in [5.74, 6) is 0.219. The van der Waals surface area contributed by atoms with Crippen molar-refractivity contribution in [1.82, 2.24) is 14.8 Å². The monoisotopic (exact) mass is 333 g/mol. The van der Waals surface area contributed by atoms with E-state index in [1.807, 2.05) is 42.2 Å². The van der Waals surface area contributed by atoms with Gasteiger partial charge in [-0.15, -0.1) is 0 Å². The van der Waals surface area contributed by atoms with Gasteiger partial charge >= 0.3 is 0 Å². The Balaban J connectivity index is 1.44. The second kappa shape index (κ2) is 7.59. The molecule has 6 heteroatoms. The first-order valence-corrected chi connectivity index (χ1v) is 8.63. The van der Waals surface area contributed by atoms with Crippen molar-refractivity contribution >= 4 is 5.91 Å². The third-order valence-corrected chi connectivity index (χ3v) is 4.74. The Kier molecular flexibility index (Phi) is 5.48. The molecule has 0 N–H and O–H groups in total. The summed E-state index contributed by atoms with van der Waals surface area (Å²) in [6.45, 7) is 3.48. The summed E-state index contributed by atoms with van der Waals surface area (Å²) in [6, 6.07) is 3.95. The number of nitrogens with zero attached hydrogens (tertiary/aromatic N) is 3. The van der Waals surface area contributed by atoms with Gasteiger partial charge in [0.2, 0.25) is 5.91 Å². The minimum absolute atomic E-state index is 0.189. The topological polar surface area (TPSA) is 54.9 Å². The van der Waals surface area contributed by atoms with Crippen molar-refractivity contribution in [3.63, 3.8) is 0 Å². The number of likely N-dealkylation sites (tertiary alicyclic amines) is 1. The molecule has 1 aromatic rings. The first-order valence-electron chi connectivity index (χ1n) is 8.63. The molecule has 1 aromatic heterocycles. The minimum Gasteiger partial charge on any atom is -0.373 e. The molecule has 2 saturated heterocycles. The van der Waals surface area contributed by atoms with Gasteiger partial charge in [-0.1, -0.05) is 6.07 Å². The van der Waals surface area contributed by atoms with Crippen LogP contribution in [0.25, 0.3) is 0 Å². The molecule has 0 bridgehead atoms. The van der Waals surface area contributed by atoms with Crippen LogP contribution in [0.3, 0.4) is 0 Å². The van der Waals surface area contributed by atoms with Crippen LogP contribution in [0.4, 0.5) is 0 Å². The second-order valence-corrected chi connectivity index (χ2v) is 7.12. The predicted molar refractivity (Wildman–Crippen MR) is 90.5 cm³/mol. The fourth-order valence-electron chi connectivity index (χ4n) is 3.35. The highest BCUT2D eigenvalue weighted by Crippen LogP contribution is 2.35. The number of pyridine rings is 1. The highest BCUT2D eigenvalue weighted by Gasteiger charge is 2.49. The van der Waals surface area contributed by atoms with E-state index < -0.39 is 0 Å². The zero-order chi connectivity index (χ0) is 17.0. The van der Waals surface area contributed by atoms with Crippen LogP contribution < -0.4 is 0 Å². The van der Waals surface area contributed by atoms with Crippen LogP contribution in [0.15, 0.2) is 24.5 Å². The Morgan fingerprint density at radius 3 is 3.04 bits per heavy atom. The molecule has 1 spiro atoms. The molecule has 0 unspecified atom stereocenters. The van der Waals surface area contributed by atoms with Crippen LogP contribution in [0.1, 0.15) is 24.8 Å². The number of amides is 1. The van der Waals surface area contributed by atoms with E-state index in [1.54, 1.807) is 6.20 Å². The highest BCUT2D eigenvalue weighted by molar-refractivity contribution is 5.77. The third kappa shape index (κ3) is 4.32. The van der Waals surface area contributed by atoms with E-state index in [-0.39, 0.29) is 17.6 Å². The lowest BCUT2D eigenvalue weighted by atomic mass is 9.84. The van der Waals surface area contributed by atoms with Crippen LogP contribution in [0.2, 0.25) is 0 Å². The molecule has 0 aliphatic carbocycles. The molecule has 6 nitrogen and oxygen atoms in total. The molecular weight excluding hydrogens is 306 g/mol. The van der Waals surface area contributed by atoms with Crippen molar-refractivity contribution in [3.8, 4) is 0 Å². The van der Waals surface area contributed by atoms with Crippen LogP contribution in [-0.4, -0.2) is 72.7 Å². The van der Waals surface area contributed by atoms with Gasteiger partial charge in [-0.3, -0.25) is 9.78 Å². The van der Waals surface area contributed by atoms with Crippen LogP contribution in [-0.2, 0) is 20.9 Å². The lowest BCUT2D eigenvalue weighted by Gasteiger charge is -2.53. The summed E-state index contributed by atoms with van der Waals surface area (Å²) in [7, 11) is 3.97. The van der Waals surface area contributed by atoms with Gasteiger partial charge in [-0.05, 0) is 32.1 Å². The molecular formula is C18H27N3O3. The van der Waals surface area contributed by atoms with E-state index in [0.717, 1.165) is 24.9 Å². The van der Waals surface area contributed by atoms with Crippen molar-refractivity contribution < 1.29 is 14.3 Å². The van der Waals surface area contributed by atoms with Crippen LogP contribution in [0.5, 0.6) is 0 Å². The molecule has 2 aliphatic heterocycles. The van der Waals surface area contributed by atoms with E-state index in [4.69, 9.17) is 9.47 Å². The Labute approximate surface area is 143 Å². The fourth-order valence-corrected chi connectivity index (χ4v) is 3.35. The molecule has 3 rings (SSSR count). The maximum atomic E-state index is 12.2.